The maximum atomic E-state index is 10.4. The number of rotatable bonds is 1. The van der Waals surface area contributed by atoms with Gasteiger partial charge in [-0.05, 0) is 28.7 Å². The molecule has 66 valence electrons. The Kier molecular flexibility index (Phi) is 1.91. The molecule has 0 amide bonds. The van der Waals surface area contributed by atoms with Gasteiger partial charge in [0.15, 0.2) is 0 Å². The van der Waals surface area contributed by atoms with Crippen LogP contribution >= 0.6 is 22.6 Å². The van der Waals surface area contributed by atoms with Crippen molar-refractivity contribution >= 4 is 39.2 Å². The summed E-state index contributed by atoms with van der Waals surface area (Å²) >= 11 is 2.09. The Balaban J connectivity index is 2.70. The van der Waals surface area contributed by atoms with E-state index in [1.54, 1.807) is 6.07 Å². The van der Waals surface area contributed by atoms with E-state index in [9.17, 15) is 10.1 Å². The molecule has 2 aromatic rings. The maximum absolute atomic E-state index is 10.4. The van der Waals surface area contributed by atoms with E-state index in [0.717, 1.165) is 9.09 Å². The van der Waals surface area contributed by atoms with Gasteiger partial charge in [0, 0.05) is 17.5 Å². The van der Waals surface area contributed by atoms with Crippen molar-refractivity contribution in [3.8, 4) is 0 Å². The van der Waals surface area contributed by atoms with Crippen molar-refractivity contribution in [3.63, 3.8) is 0 Å². The Morgan fingerprint density at radius 1 is 1.54 bits per heavy atom. The number of halogens is 1. The van der Waals surface area contributed by atoms with E-state index in [0.29, 0.717) is 5.52 Å². The molecule has 6 heteroatoms. The number of nitro benzene ring substituents is 1. The number of fused-ring (bicyclic) bond motifs is 1. The lowest BCUT2D eigenvalue weighted by molar-refractivity contribution is -0.384. The van der Waals surface area contributed by atoms with Crippen molar-refractivity contribution in [1.82, 2.24) is 10.2 Å². The third kappa shape index (κ3) is 1.37. The molecule has 2 rings (SSSR count). The molecule has 0 unspecified atom stereocenters. The van der Waals surface area contributed by atoms with E-state index in [2.05, 4.69) is 32.8 Å². The summed E-state index contributed by atoms with van der Waals surface area (Å²) in [5.41, 5.74) is 0.689. The molecule has 1 aromatic carbocycles. The Hall–Kier alpha value is -1.18. The van der Waals surface area contributed by atoms with Crippen molar-refractivity contribution in [2.24, 2.45) is 0 Å². The number of hydrogen-bond donors (Lipinski definition) is 1. The lowest BCUT2D eigenvalue weighted by Gasteiger charge is -1.89. The zero-order valence-electron chi connectivity index (χ0n) is 6.32. The second-order valence-corrected chi connectivity index (χ2v) is 3.57. The van der Waals surface area contributed by atoms with Crippen molar-refractivity contribution in [2.75, 3.05) is 0 Å². The molecule has 0 aliphatic carbocycles. The molecule has 1 heterocycles. The molecule has 1 N–H and O–H groups in total. The summed E-state index contributed by atoms with van der Waals surface area (Å²) in [5.74, 6) is 0. The largest absolute Gasteiger partial charge is 0.271 e. The normalized spacial score (nSPS) is 10.5. The lowest BCUT2D eigenvalue weighted by atomic mass is 10.2. The summed E-state index contributed by atoms with van der Waals surface area (Å²) in [7, 11) is 0. The van der Waals surface area contributed by atoms with Crippen LogP contribution in [0.3, 0.4) is 0 Å². The average Bonchev–Trinajstić information content (AvgIpc) is 2.47. The number of non-ortho nitro benzene ring substituents is 1. The van der Waals surface area contributed by atoms with E-state index in [1.807, 2.05) is 0 Å². The molecule has 13 heavy (non-hydrogen) atoms. The van der Waals surface area contributed by atoms with Gasteiger partial charge < -0.3 is 0 Å². The molecule has 0 saturated carbocycles. The van der Waals surface area contributed by atoms with E-state index in [-0.39, 0.29) is 5.69 Å². The third-order valence-corrected chi connectivity index (χ3v) is 2.53. The zero-order chi connectivity index (χ0) is 9.42. The highest BCUT2D eigenvalue weighted by molar-refractivity contribution is 14.1. The fraction of sp³-hybridized carbons (Fsp3) is 0. The first-order valence-corrected chi connectivity index (χ1v) is 4.54. The van der Waals surface area contributed by atoms with Gasteiger partial charge in [-0.3, -0.25) is 15.2 Å². The third-order valence-electron chi connectivity index (χ3n) is 1.70. The van der Waals surface area contributed by atoms with Gasteiger partial charge in [0.25, 0.3) is 5.69 Å². The SMILES string of the molecule is O=[N+]([O-])c1ccc2c(I)[nH]nc2c1. The fourth-order valence-electron chi connectivity index (χ4n) is 1.08. The fourth-order valence-corrected chi connectivity index (χ4v) is 1.66. The summed E-state index contributed by atoms with van der Waals surface area (Å²) in [4.78, 5) is 9.99. The number of H-pyrrole nitrogens is 1. The predicted molar refractivity (Wildman–Crippen MR) is 55.5 cm³/mol. The Morgan fingerprint density at radius 2 is 2.31 bits per heavy atom. The van der Waals surface area contributed by atoms with Gasteiger partial charge in [0.1, 0.15) is 9.22 Å². The first-order valence-electron chi connectivity index (χ1n) is 3.46. The Labute approximate surface area is 86.4 Å². The van der Waals surface area contributed by atoms with Crippen LogP contribution in [0, 0.1) is 13.8 Å². The average molecular weight is 289 g/mol. The summed E-state index contributed by atoms with van der Waals surface area (Å²) in [5, 5.41) is 18.0. The summed E-state index contributed by atoms with van der Waals surface area (Å²) < 4.78 is 0.891. The van der Waals surface area contributed by atoms with Gasteiger partial charge in [-0.1, -0.05) is 0 Å². The van der Waals surface area contributed by atoms with Crippen LogP contribution in [0.1, 0.15) is 0 Å². The molecule has 0 radical (unpaired) electrons. The zero-order valence-corrected chi connectivity index (χ0v) is 8.48. The van der Waals surface area contributed by atoms with Crippen molar-refractivity contribution in [2.45, 2.75) is 0 Å². The van der Waals surface area contributed by atoms with Crippen molar-refractivity contribution in [3.05, 3.63) is 32.0 Å². The molecular weight excluding hydrogens is 285 g/mol. The number of aromatic nitrogens is 2. The van der Waals surface area contributed by atoms with Crippen LogP contribution in [0.5, 0.6) is 0 Å². The number of hydrogen-bond acceptors (Lipinski definition) is 3. The van der Waals surface area contributed by atoms with Gasteiger partial charge in [-0.15, -0.1) is 0 Å². The minimum atomic E-state index is -0.430. The standard InChI is InChI=1S/C7H4IN3O2/c8-7-5-2-1-4(11(12)13)3-6(5)9-10-7/h1-3H,(H,9,10). The molecule has 1 aromatic heterocycles. The second kappa shape index (κ2) is 2.95. The van der Waals surface area contributed by atoms with Gasteiger partial charge in [-0.2, -0.15) is 5.10 Å². The molecule has 0 spiro atoms. The second-order valence-electron chi connectivity index (χ2n) is 2.50. The van der Waals surface area contributed by atoms with Crippen LogP contribution in [0.2, 0.25) is 0 Å². The minimum Gasteiger partial charge on any atom is -0.271 e. The van der Waals surface area contributed by atoms with E-state index in [1.165, 1.54) is 12.1 Å². The number of nitro groups is 1. The molecule has 0 fully saturated rings. The molecule has 0 saturated heterocycles. The van der Waals surface area contributed by atoms with Gasteiger partial charge in [0.2, 0.25) is 0 Å². The quantitative estimate of drug-likeness (QED) is 0.496. The molecule has 0 bridgehead atoms. The topological polar surface area (TPSA) is 71.8 Å². The molecule has 0 aliphatic heterocycles. The predicted octanol–water partition coefficient (Wildman–Crippen LogP) is 2.08. The molecule has 0 atom stereocenters. The molecule has 5 nitrogen and oxygen atoms in total. The Morgan fingerprint density at radius 3 is 3.00 bits per heavy atom. The number of aromatic amines is 1. The monoisotopic (exact) mass is 289 g/mol. The Bertz CT molecular complexity index is 480. The highest BCUT2D eigenvalue weighted by atomic mass is 127. The molecule has 0 aliphatic rings. The minimum absolute atomic E-state index is 0.0652. The maximum Gasteiger partial charge on any atom is 0.271 e. The number of nitrogens with zero attached hydrogens (tertiary/aromatic N) is 2. The number of benzene rings is 1. The highest BCUT2D eigenvalue weighted by Gasteiger charge is 2.09. The van der Waals surface area contributed by atoms with Gasteiger partial charge >= 0.3 is 0 Å². The molecular formula is C7H4IN3O2. The van der Waals surface area contributed by atoms with Crippen LogP contribution < -0.4 is 0 Å². The first-order chi connectivity index (χ1) is 6.18. The van der Waals surface area contributed by atoms with E-state index < -0.39 is 4.92 Å². The summed E-state index contributed by atoms with van der Waals surface area (Å²) in [6, 6.07) is 4.62. The summed E-state index contributed by atoms with van der Waals surface area (Å²) in [6.45, 7) is 0. The van der Waals surface area contributed by atoms with Crippen LogP contribution in [-0.4, -0.2) is 15.1 Å². The lowest BCUT2D eigenvalue weighted by Crippen LogP contribution is -1.86. The van der Waals surface area contributed by atoms with Gasteiger partial charge in [0.05, 0.1) is 4.92 Å². The smallest absolute Gasteiger partial charge is 0.271 e. The van der Waals surface area contributed by atoms with Crippen molar-refractivity contribution in [1.29, 1.82) is 0 Å². The van der Waals surface area contributed by atoms with E-state index >= 15 is 0 Å². The van der Waals surface area contributed by atoms with Gasteiger partial charge in [-0.25, -0.2) is 0 Å². The summed E-state index contributed by atoms with van der Waals surface area (Å²) in [6.07, 6.45) is 0. The number of nitrogens with one attached hydrogen (secondary N) is 1. The first kappa shape index (κ1) is 8.42. The van der Waals surface area contributed by atoms with Crippen LogP contribution in [0.25, 0.3) is 10.9 Å². The van der Waals surface area contributed by atoms with Crippen molar-refractivity contribution < 1.29 is 4.92 Å². The van der Waals surface area contributed by atoms with Crippen LogP contribution in [0.4, 0.5) is 5.69 Å². The van der Waals surface area contributed by atoms with E-state index in [4.69, 9.17) is 0 Å². The van der Waals surface area contributed by atoms with Crippen LogP contribution in [-0.2, 0) is 0 Å². The highest BCUT2D eigenvalue weighted by Crippen LogP contribution is 2.22. The van der Waals surface area contributed by atoms with Crippen LogP contribution in [0.15, 0.2) is 18.2 Å².